The van der Waals surface area contributed by atoms with Crippen molar-refractivity contribution in [2.75, 3.05) is 0 Å². The largest absolute Gasteiger partial charge is 0.234 e. The first-order valence-corrected chi connectivity index (χ1v) is 5.11. The van der Waals surface area contributed by atoms with E-state index in [0.717, 1.165) is 12.8 Å². The minimum Gasteiger partial charge on any atom is -0.234 e. The summed E-state index contributed by atoms with van der Waals surface area (Å²) in [5.41, 5.74) is 0. The highest BCUT2D eigenvalue weighted by Gasteiger charge is 1.88. The van der Waals surface area contributed by atoms with Crippen LogP contribution in [0.5, 0.6) is 0 Å². The molecule has 70 valence electrons. The molecule has 0 aliphatic rings. The molecule has 0 atom stereocenters. The first-order valence-electron chi connectivity index (χ1n) is 5.11. The average molecular weight is 168 g/mol. The molecular weight excluding hydrogens is 148 g/mol. The Morgan fingerprint density at radius 3 is 2.17 bits per heavy atom. The summed E-state index contributed by atoms with van der Waals surface area (Å²) >= 11 is 0. The summed E-state index contributed by atoms with van der Waals surface area (Å²) in [5.74, 6) is 1.80. The van der Waals surface area contributed by atoms with Gasteiger partial charge in [0.1, 0.15) is 5.94 Å². The van der Waals surface area contributed by atoms with E-state index in [1.807, 2.05) is 0 Å². The number of hydrogen-bond acceptors (Lipinski definition) is 1. The average Bonchev–Trinajstić information content (AvgIpc) is 2.10. The van der Waals surface area contributed by atoms with Crippen LogP contribution >= 0.6 is 0 Å². The third-order valence-electron chi connectivity index (χ3n) is 2.04. The van der Waals surface area contributed by atoms with Crippen molar-refractivity contribution < 1.29 is 4.79 Å². The van der Waals surface area contributed by atoms with Gasteiger partial charge < -0.3 is 0 Å². The van der Waals surface area contributed by atoms with Gasteiger partial charge in [-0.3, -0.25) is 0 Å². The minimum absolute atomic E-state index is 0.914. The standard InChI is InChI=1S/C11H20O/c1-2-3-4-5-6-7-8-9-10-11-12/h10H,2-9H2,1H3. The molecule has 12 heavy (non-hydrogen) atoms. The van der Waals surface area contributed by atoms with Crippen molar-refractivity contribution in [3.8, 4) is 0 Å². The fourth-order valence-electron chi connectivity index (χ4n) is 1.26. The maximum Gasteiger partial charge on any atom is 0.120 e. The number of carbonyl (C=O) groups excluding carboxylic acids is 1. The van der Waals surface area contributed by atoms with Gasteiger partial charge >= 0.3 is 0 Å². The van der Waals surface area contributed by atoms with E-state index in [9.17, 15) is 4.79 Å². The molecule has 1 heteroatoms. The molecule has 0 unspecified atom stereocenters. The topological polar surface area (TPSA) is 17.1 Å². The highest BCUT2D eigenvalue weighted by atomic mass is 16.1. The molecule has 0 saturated carbocycles. The Morgan fingerprint density at radius 1 is 1.00 bits per heavy atom. The molecule has 0 aliphatic carbocycles. The van der Waals surface area contributed by atoms with Crippen molar-refractivity contribution in [3.05, 3.63) is 6.08 Å². The molecule has 0 aromatic heterocycles. The van der Waals surface area contributed by atoms with Crippen molar-refractivity contribution in [1.29, 1.82) is 0 Å². The summed E-state index contributed by atoms with van der Waals surface area (Å²) in [6.07, 6.45) is 11.7. The van der Waals surface area contributed by atoms with E-state index < -0.39 is 0 Å². The molecule has 0 fully saturated rings. The molecule has 0 radical (unpaired) electrons. The first kappa shape index (κ1) is 11.4. The molecule has 0 heterocycles. The van der Waals surface area contributed by atoms with Crippen molar-refractivity contribution in [2.45, 2.75) is 58.3 Å². The quantitative estimate of drug-likeness (QED) is 0.400. The zero-order chi connectivity index (χ0) is 9.07. The predicted molar refractivity (Wildman–Crippen MR) is 52.9 cm³/mol. The molecule has 0 aliphatic heterocycles. The van der Waals surface area contributed by atoms with E-state index in [0.29, 0.717) is 0 Å². The second kappa shape index (κ2) is 10.4. The summed E-state index contributed by atoms with van der Waals surface area (Å²) in [6.45, 7) is 2.23. The van der Waals surface area contributed by atoms with Gasteiger partial charge in [0.2, 0.25) is 0 Å². The smallest absolute Gasteiger partial charge is 0.120 e. The summed E-state index contributed by atoms with van der Waals surface area (Å²) in [6, 6.07) is 0. The highest BCUT2D eigenvalue weighted by molar-refractivity contribution is 5.44. The summed E-state index contributed by atoms with van der Waals surface area (Å²) in [4.78, 5) is 9.80. The Labute approximate surface area is 75.9 Å². The first-order chi connectivity index (χ1) is 5.91. The molecule has 0 aromatic carbocycles. The monoisotopic (exact) mass is 168 g/mol. The van der Waals surface area contributed by atoms with E-state index in [2.05, 4.69) is 6.92 Å². The van der Waals surface area contributed by atoms with Crippen molar-refractivity contribution >= 4 is 5.94 Å². The number of rotatable bonds is 8. The van der Waals surface area contributed by atoms with Gasteiger partial charge in [0.05, 0.1) is 0 Å². The molecule has 0 spiro atoms. The van der Waals surface area contributed by atoms with Crippen LogP contribution in [-0.2, 0) is 4.79 Å². The van der Waals surface area contributed by atoms with E-state index in [4.69, 9.17) is 0 Å². The molecular formula is C11H20O. The molecule has 0 rings (SSSR count). The lowest BCUT2D eigenvalue weighted by molar-refractivity contribution is 0.566. The van der Waals surface area contributed by atoms with Crippen LogP contribution in [0.2, 0.25) is 0 Å². The van der Waals surface area contributed by atoms with Crippen LogP contribution in [0, 0.1) is 0 Å². The van der Waals surface area contributed by atoms with E-state index in [-0.39, 0.29) is 0 Å². The number of allylic oxidation sites excluding steroid dienone is 1. The normalized spacial score (nSPS) is 9.42. The van der Waals surface area contributed by atoms with Gasteiger partial charge in [-0.25, -0.2) is 4.79 Å². The van der Waals surface area contributed by atoms with E-state index in [1.54, 1.807) is 12.0 Å². The van der Waals surface area contributed by atoms with Crippen molar-refractivity contribution in [2.24, 2.45) is 0 Å². The van der Waals surface area contributed by atoms with Crippen LogP contribution in [0.4, 0.5) is 0 Å². The van der Waals surface area contributed by atoms with Crippen molar-refractivity contribution in [1.82, 2.24) is 0 Å². The Balaban J connectivity index is 2.86. The van der Waals surface area contributed by atoms with Gasteiger partial charge in [-0.1, -0.05) is 45.4 Å². The zero-order valence-electron chi connectivity index (χ0n) is 8.14. The third kappa shape index (κ3) is 9.45. The maximum absolute atomic E-state index is 9.80. The molecule has 0 bridgehead atoms. The highest BCUT2D eigenvalue weighted by Crippen LogP contribution is 2.07. The number of unbranched alkanes of at least 4 members (excludes halogenated alkanes) is 7. The Kier molecular flexibility index (Phi) is 9.97. The second-order valence-electron chi connectivity index (χ2n) is 3.23. The van der Waals surface area contributed by atoms with Crippen LogP contribution in [0.3, 0.4) is 0 Å². The van der Waals surface area contributed by atoms with Gasteiger partial charge in [-0.05, 0) is 18.9 Å². The second-order valence-corrected chi connectivity index (χ2v) is 3.23. The van der Waals surface area contributed by atoms with Crippen LogP contribution in [0.1, 0.15) is 58.3 Å². The Hall–Kier alpha value is -0.550. The lowest BCUT2D eigenvalue weighted by atomic mass is 10.1. The van der Waals surface area contributed by atoms with E-state index >= 15 is 0 Å². The van der Waals surface area contributed by atoms with Crippen LogP contribution in [0.25, 0.3) is 0 Å². The zero-order valence-corrected chi connectivity index (χ0v) is 8.14. The van der Waals surface area contributed by atoms with Gasteiger partial charge in [0, 0.05) is 0 Å². The molecule has 0 N–H and O–H groups in total. The van der Waals surface area contributed by atoms with E-state index in [1.165, 1.54) is 38.5 Å². The Bertz CT molecular complexity index is 123. The molecule has 0 saturated heterocycles. The summed E-state index contributed by atoms with van der Waals surface area (Å²) in [7, 11) is 0. The van der Waals surface area contributed by atoms with Crippen LogP contribution < -0.4 is 0 Å². The molecule has 1 nitrogen and oxygen atoms in total. The SMILES string of the molecule is CCCCCCCCCC=C=O. The lowest BCUT2D eigenvalue weighted by Crippen LogP contribution is -1.78. The fourth-order valence-corrected chi connectivity index (χ4v) is 1.26. The third-order valence-corrected chi connectivity index (χ3v) is 2.04. The van der Waals surface area contributed by atoms with Gasteiger partial charge in [0.25, 0.3) is 0 Å². The van der Waals surface area contributed by atoms with Gasteiger partial charge in [-0.2, -0.15) is 0 Å². The summed E-state index contributed by atoms with van der Waals surface area (Å²) < 4.78 is 0. The van der Waals surface area contributed by atoms with Gasteiger partial charge in [-0.15, -0.1) is 0 Å². The van der Waals surface area contributed by atoms with Crippen LogP contribution in [-0.4, -0.2) is 5.94 Å². The van der Waals surface area contributed by atoms with Crippen molar-refractivity contribution in [3.63, 3.8) is 0 Å². The summed E-state index contributed by atoms with van der Waals surface area (Å²) in [5, 5.41) is 0. The Morgan fingerprint density at radius 2 is 1.58 bits per heavy atom. The number of hydrogen-bond donors (Lipinski definition) is 0. The minimum atomic E-state index is 0.914. The molecule has 0 amide bonds. The lowest BCUT2D eigenvalue weighted by Gasteiger charge is -1.97. The van der Waals surface area contributed by atoms with Gasteiger partial charge in [0.15, 0.2) is 0 Å². The predicted octanol–water partition coefficient (Wildman–Crippen LogP) is 3.51. The molecule has 0 aromatic rings. The fraction of sp³-hybridized carbons (Fsp3) is 0.818. The maximum atomic E-state index is 9.80. The van der Waals surface area contributed by atoms with Crippen LogP contribution in [0.15, 0.2) is 6.08 Å².